The van der Waals surface area contributed by atoms with Crippen molar-refractivity contribution in [2.45, 2.75) is 6.61 Å². The summed E-state index contributed by atoms with van der Waals surface area (Å²) < 4.78 is 26.4. The number of pyridine rings is 2. The number of rotatable bonds is 3. The summed E-state index contributed by atoms with van der Waals surface area (Å²) in [6, 6.07) is 4.74. The van der Waals surface area contributed by atoms with Crippen molar-refractivity contribution in [3.05, 3.63) is 59.9 Å². The zero-order chi connectivity index (χ0) is 21.7. The highest BCUT2D eigenvalue weighted by molar-refractivity contribution is 6.04. The Labute approximate surface area is 177 Å². The lowest BCUT2D eigenvalue weighted by Crippen LogP contribution is -2.21. The summed E-state index contributed by atoms with van der Waals surface area (Å²) in [7, 11) is 4.92. The molecular formula is C23H19FN4O3. The fourth-order valence-corrected chi connectivity index (χ4v) is 3.93. The Morgan fingerprint density at radius 1 is 1.23 bits per heavy atom. The van der Waals surface area contributed by atoms with Crippen LogP contribution in [0.1, 0.15) is 15.9 Å². The molecule has 5 rings (SSSR count). The summed E-state index contributed by atoms with van der Waals surface area (Å²) in [5.41, 5.74) is 4.22. The number of aromatic amines is 1. The highest BCUT2D eigenvalue weighted by atomic mass is 19.1. The standard InChI is InChI=1S/C23H19FN4O3/c1-28(2)23(29)13-6-12(7-25-8-13)14-9-26-22-20-15(10-27-22)19-16(11-31-21(14)20)17(24)4-5-18(19)30-3/h4-10H,11H2,1-3H3,(H,26,27). The molecule has 7 nitrogen and oxygen atoms in total. The molecule has 8 heteroatoms. The van der Waals surface area contributed by atoms with Crippen molar-refractivity contribution in [3.8, 4) is 33.8 Å². The van der Waals surface area contributed by atoms with Gasteiger partial charge in [0.2, 0.25) is 0 Å². The lowest BCUT2D eigenvalue weighted by Gasteiger charge is -2.14. The first kappa shape index (κ1) is 19.0. The number of carbonyl (C=O) groups is 1. The number of hydrogen-bond acceptors (Lipinski definition) is 5. The predicted molar refractivity (Wildman–Crippen MR) is 114 cm³/mol. The lowest BCUT2D eigenvalue weighted by atomic mass is 9.97. The van der Waals surface area contributed by atoms with Crippen LogP contribution in [0.3, 0.4) is 0 Å². The van der Waals surface area contributed by atoms with Gasteiger partial charge >= 0.3 is 0 Å². The number of aromatic nitrogens is 3. The average Bonchev–Trinajstić information content (AvgIpc) is 3.12. The molecule has 0 radical (unpaired) electrons. The number of nitrogens with zero attached hydrogens (tertiary/aromatic N) is 3. The lowest BCUT2D eigenvalue weighted by molar-refractivity contribution is 0.0827. The minimum atomic E-state index is -0.368. The fourth-order valence-electron chi connectivity index (χ4n) is 3.93. The van der Waals surface area contributed by atoms with Crippen molar-refractivity contribution < 1.29 is 18.7 Å². The van der Waals surface area contributed by atoms with Crippen LogP contribution >= 0.6 is 0 Å². The molecule has 0 aliphatic carbocycles. The predicted octanol–water partition coefficient (Wildman–Crippen LogP) is 4.03. The molecule has 0 bridgehead atoms. The summed E-state index contributed by atoms with van der Waals surface area (Å²) >= 11 is 0. The Morgan fingerprint density at radius 2 is 2.06 bits per heavy atom. The van der Waals surface area contributed by atoms with Crippen molar-refractivity contribution in [3.63, 3.8) is 0 Å². The van der Waals surface area contributed by atoms with Crippen molar-refractivity contribution in [1.29, 1.82) is 0 Å². The van der Waals surface area contributed by atoms with Crippen LogP contribution in [-0.4, -0.2) is 47.0 Å². The highest BCUT2D eigenvalue weighted by Crippen LogP contribution is 2.47. The number of nitrogens with one attached hydrogen (secondary N) is 1. The van der Waals surface area contributed by atoms with E-state index in [1.54, 1.807) is 51.9 Å². The zero-order valence-corrected chi connectivity index (χ0v) is 17.2. The van der Waals surface area contributed by atoms with Gasteiger partial charge in [-0.3, -0.25) is 9.78 Å². The highest BCUT2D eigenvalue weighted by Gasteiger charge is 2.27. The van der Waals surface area contributed by atoms with Crippen LogP contribution < -0.4 is 9.47 Å². The van der Waals surface area contributed by atoms with Gasteiger partial charge in [0.15, 0.2) is 0 Å². The van der Waals surface area contributed by atoms with Crippen molar-refractivity contribution in [2.75, 3.05) is 21.2 Å². The van der Waals surface area contributed by atoms with Gasteiger partial charge in [-0.1, -0.05) is 0 Å². The van der Waals surface area contributed by atoms with Crippen molar-refractivity contribution in [1.82, 2.24) is 19.9 Å². The summed E-state index contributed by atoms with van der Waals surface area (Å²) in [5.74, 6) is 0.582. The van der Waals surface area contributed by atoms with E-state index in [-0.39, 0.29) is 18.3 Å². The molecule has 1 aliphatic rings. The third kappa shape index (κ3) is 2.91. The molecule has 0 fully saturated rings. The number of benzene rings is 1. The van der Waals surface area contributed by atoms with Crippen molar-refractivity contribution >= 4 is 16.9 Å². The molecule has 1 amide bonds. The van der Waals surface area contributed by atoms with Crippen molar-refractivity contribution in [2.24, 2.45) is 0 Å². The van der Waals surface area contributed by atoms with E-state index in [0.29, 0.717) is 45.0 Å². The Hall–Kier alpha value is -3.94. The summed E-state index contributed by atoms with van der Waals surface area (Å²) in [4.78, 5) is 25.8. The fraction of sp³-hybridized carbons (Fsp3) is 0.174. The molecule has 4 aromatic rings. The monoisotopic (exact) mass is 418 g/mol. The number of H-pyrrole nitrogens is 1. The van der Waals surface area contributed by atoms with E-state index in [9.17, 15) is 9.18 Å². The van der Waals surface area contributed by atoms with Gasteiger partial charge in [0, 0.05) is 66.7 Å². The number of ether oxygens (including phenoxy) is 2. The molecule has 1 aliphatic heterocycles. The first-order valence-corrected chi connectivity index (χ1v) is 9.65. The van der Waals surface area contributed by atoms with Crippen LogP contribution in [0.15, 0.2) is 43.0 Å². The third-order valence-corrected chi connectivity index (χ3v) is 5.42. The van der Waals surface area contributed by atoms with Crippen LogP contribution in [0.25, 0.3) is 33.3 Å². The van der Waals surface area contributed by atoms with Gasteiger partial charge in [0.05, 0.1) is 18.1 Å². The summed E-state index contributed by atoms with van der Waals surface area (Å²) in [6.07, 6.45) is 6.63. The Morgan fingerprint density at radius 3 is 2.84 bits per heavy atom. The number of amides is 1. The third-order valence-electron chi connectivity index (χ3n) is 5.42. The second kappa shape index (κ2) is 7.09. The number of halogens is 1. The molecule has 0 atom stereocenters. The van der Waals surface area contributed by atoms with Gasteiger partial charge in [-0.2, -0.15) is 0 Å². The molecule has 31 heavy (non-hydrogen) atoms. The Bertz CT molecular complexity index is 1350. The van der Waals surface area contributed by atoms with Gasteiger partial charge in [0.25, 0.3) is 5.91 Å². The maximum Gasteiger partial charge on any atom is 0.254 e. The zero-order valence-electron chi connectivity index (χ0n) is 17.2. The number of methoxy groups -OCH3 is 1. The molecule has 0 spiro atoms. The molecule has 0 unspecified atom stereocenters. The normalized spacial score (nSPS) is 12.1. The van der Waals surface area contributed by atoms with Gasteiger partial charge in [-0.05, 0) is 18.2 Å². The van der Waals surface area contributed by atoms with Gasteiger partial charge < -0.3 is 19.4 Å². The van der Waals surface area contributed by atoms with Crippen LogP contribution in [0.2, 0.25) is 0 Å². The SMILES string of the molecule is COc1ccc(F)c2c1-c1c[nH]c3ncc(-c4cncc(C(=O)N(C)C)c4)c(c13)OC2. The van der Waals surface area contributed by atoms with Crippen LogP contribution in [0, 0.1) is 5.82 Å². The molecular weight excluding hydrogens is 399 g/mol. The van der Waals surface area contributed by atoms with E-state index in [1.165, 1.54) is 17.2 Å². The van der Waals surface area contributed by atoms with E-state index in [2.05, 4.69) is 15.0 Å². The minimum absolute atomic E-state index is 0.0307. The smallest absolute Gasteiger partial charge is 0.254 e. The summed E-state index contributed by atoms with van der Waals surface area (Å²) in [6.45, 7) is 0.0307. The first-order valence-electron chi connectivity index (χ1n) is 9.65. The maximum absolute atomic E-state index is 14.7. The number of fused-ring (bicyclic) bond motifs is 2. The molecule has 0 saturated carbocycles. The van der Waals surface area contributed by atoms with E-state index in [1.807, 2.05) is 0 Å². The van der Waals surface area contributed by atoms with Crippen LogP contribution in [0.5, 0.6) is 11.5 Å². The van der Waals surface area contributed by atoms with E-state index >= 15 is 0 Å². The molecule has 1 aromatic carbocycles. The molecule has 0 saturated heterocycles. The largest absolute Gasteiger partial charge is 0.496 e. The molecule has 156 valence electrons. The average molecular weight is 418 g/mol. The number of hydrogen-bond donors (Lipinski definition) is 1. The van der Waals surface area contributed by atoms with Crippen LogP contribution in [0.4, 0.5) is 4.39 Å². The van der Waals surface area contributed by atoms with E-state index in [0.717, 1.165) is 10.9 Å². The molecule has 1 N–H and O–H groups in total. The quantitative estimate of drug-likeness (QED) is 0.543. The Kier molecular flexibility index (Phi) is 4.35. The van der Waals surface area contributed by atoms with Crippen LogP contribution in [-0.2, 0) is 6.61 Å². The molecule has 3 aromatic heterocycles. The molecule has 4 heterocycles. The van der Waals surface area contributed by atoms with E-state index in [4.69, 9.17) is 9.47 Å². The van der Waals surface area contributed by atoms with Gasteiger partial charge in [-0.25, -0.2) is 9.37 Å². The maximum atomic E-state index is 14.7. The summed E-state index contributed by atoms with van der Waals surface area (Å²) in [5, 5.41) is 0.726. The second-order valence-corrected chi connectivity index (χ2v) is 7.48. The van der Waals surface area contributed by atoms with Gasteiger partial charge in [0.1, 0.15) is 29.6 Å². The topological polar surface area (TPSA) is 80.3 Å². The Balaban J connectivity index is 1.75. The minimum Gasteiger partial charge on any atom is -0.496 e. The second-order valence-electron chi connectivity index (χ2n) is 7.48. The first-order chi connectivity index (χ1) is 15.0. The van der Waals surface area contributed by atoms with E-state index < -0.39 is 0 Å². The number of carbonyl (C=O) groups excluding carboxylic acids is 1. The van der Waals surface area contributed by atoms with Gasteiger partial charge in [-0.15, -0.1) is 0 Å².